The van der Waals surface area contributed by atoms with Gasteiger partial charge in [-0.3, -0.25) is 5.32 Å². The van der Waals surface area contributed by atoms with Crippen molar-refractivity contribution < 1.29 is 27.4 Å². The molecule has 0 saturated carbocycles. The third-order valence-corrected chi connectivity index (χ3v) is 6.12. The fourth-order valence-electron chi connectivity index (χ4n) is 4.40. The number of piperidine rings is 1. The lowest BCUT2D eigenvalue weighted by molar-refractivity contribution is -0.180. The number of rotatable bonds is 4. The Labute approximate surface area is 211 Å². The van der Waals surface area contributed by atoms with Crippen molar-refractivity contribution in [2.75, 3.05) is 36.1 Å². The average molecular weight is 522 g/mol. The molecule has 4 rings (SSSR count). The van der Waals surface area contributed by atoms with Crippen molar-refractivity contribution in [2.45, 2.75) is 45.0 Å². The molecule has 0 bridgehead atoms. The maximum absolute atomic E-state index is 13.6. The van der Waals surface area contributed by atoms with Crippen LogP contribution in [0.15, 0.2) is 30.6 Å². The molecule has 3 aromatic rings. The van der Waals surface area contributed by atoms with Gasteiger partial charge in [0.1, 0.15) is 29.0 Å². The number of hydrogen-bond donors (Lipinski definition) is 3. The summed E-state index contributed by atoms with van der Waals surface area (Å²) in [7, 11) is 1.45. The summed E-state index contributed by atoms with van der Waals surface area (Å²) in [6.07, 6.45) is -3.64. The molecule has 13 heteroatoms. The van der Waals surface area contributed by atoms with E-state index in [0.29, 0.717) is 40.4 Å². The van der Waals surface area contributed by atoms with Crippen molar-refractivity contribution in [3.63, 3.8) is 0 Å². The molecular weight excluding hydrogens is 491 g/mol. The lowest BCUT2D eigenvalue weighted by Gasteiger charge is -2.38. The molecule has 1 amide bonds. The Hall–Kier alpha value is -3.74. The second-order valence-electron chi connectivity index (χ2n) is 9.91. The van der Waals surface area contributed by atoms with Gasteiger partial charge in [0.2, 0.25) is 0 Å². The van der Waals surface area contributed by atoms with Gasteiger partial charge in [-0.25, -0.2) is 14.3 Å². The SMILES string of the molecule is COc1cc(-c2cc(N3CC[C@H](N)[C@@H](C(F)(F)F)C3)n3ncnc(N)c23)ccc1NC(=O)OC(C)(C)C. The third-order valence-electron chi connectivity index (χ3n) is 6.12. The van der Waals surface area contributed by atoms with Gasteiger partial charge in [0, 0.05) is 24.7 Å². The Morgan fingerprint density at radius 3 is 2.59 bits per heavy atom. The molecule has 5 N–H and O–H groups in total. The normalized spacial score (nSPS) is 18.6. The zero-order chi connectivity index (χ0) is 27.1. The number of benzene rings is 1. The molecule has 1 aliphatic rings. The van der Waals surface area contributed by atoms with Gasteiger partial charge in [-0.1, -0.05) is 6.07 Å². The van der Waals surface area contributed by atoms with Gasteiger partial charge in [0.25, 0.3) is 0 Å². The zero-order valence-corrected chi connectivity index (χ0v) is 21.0. The molecule has 2 aromatic heterocycles. The molecule has 0 spiro atoms. The quantitative estimate of drug-likeness (QED) is 0.468. The first-order chi connectivity index (χ1) is 17.3. The molecule has 1 aliphatic heterocycles. The molecule has 200 valence electrons. The van der Waals surface area contributed by atoms with Gasteiger partial charge in [-0.05, 0) is 51.0 Å². The highest BCUT2D eigenvalue weighted by Gasteiger charge is 2.46. The summed E-state index contributed by atoms with van der Waals surface area (Å²) in [4.78, 5) is 17.9. The van der Waals surface area contributed by atoms with E-state index in [-0.39, 0.29) is 18.8 Å². The largest absolute Gasteiger partial charge is 0.495 e. The number of nitrogens with one attached hydrogen (secondary N) is 1. The van der Waals surface area contributed by atoms with Crippen molar-refractivity contribution in [2.24, 2.45) is 11.7 Å². The number of hydrogen-bond acceptors (Lipinski definition) is 8. The summed E-state index contributed by atoms with van der Waals surface area (Å²) in [5, 5.41) is 6.93. The topological polar surface area (TPSA) is 133 Å². The van der Waals surface area contributed by atoms with Crippen LogP contribution in [0.1, 0.15) is 27.2 Å². The average Bonchev–Trinajstić information content (AvgIpc) is 3.18. The minimum atomic E-state index is -4.42. The summed E-state index contributed by atoms with van der Waals surface area (Å²) in [6, 6.07) is 5.80. The predicted molar refractivity (Wildman–Crippen MR) is 134 cm³/mol. The fourth-order valence-corrected chi connectivity index (χ4v) is 4.40. The van der Waals surface area contributed by atoms with Crippen LogP contribution < -0.4 is 26.4 Å². The van der Waals surface area contributed by atoms with E-state index < -0.39 is 29.8 Å². The monoisotopic (exact) mass is 521 g/mol. The highest BCUT2D eigenvalue weighted by atomic mass is 19.4. The fraction of sp³-hybridized carbons (Fsp3) is 0.458. The number of nitrogens with two attached hydrogens (primary N) is 2. The number of carbonyl (C=O) groups excluding carboxylic acids is 1. The molecular formula is C24H30F3N7O3. The molecule has 0 radical (unpaired) electrons. The summed E-state index contributed by atoms with van der Waals surface area (Å²) in [5.74, 6) is -0.726. The van der Waals surface area contributed by atoms with Crippen molar-refractivity contribution in [1.82, 2.24) is 14.6 Å². The molecule has 1 fully saturated rings. The summed E-state index contributed by atoms with van der Waals surface area (Å²) in [5.41, 5.74) is 13.4. The molecule has 1 aromatic carbocycles. The molecule has 0 aliphatic carbocycles. The zero-order valence-electron chi connectivity index (χ0n) is 21.0. The first kappa shape index (κ1) is 26.3. The van der Waals surface area contributed by atoms with Crippen molar-refractivity contribution in [3.8, 4) is 16.9 Å². The van der Waals surface area contributed by atoms with Crippen LogP contribution in [0.3, 0.4) is 0 Å². The number of halogens is 3. The summed E-state index contributed by atoms with van der Waals surface area (Å²) in [6.45, 7) is 5.28. The number of carbonyl (C=O) groups is 1. The molecule has 1 saturated heterocycles. The van der Waals surface area contributed by atoms with Crippen LogP contribution in [-0.4, -0.2) is 58.7 Å². The maximum Gasteiger partial charge on any atom is 0.412 e. The number of methoxy groups -OCH3 is 1. The summed E-state index contributed by atoms with van der Waals surface area (Å²) >= 11 is 0. The van der Waals surface area contributed by atoms with Gasteiger partial charge in [0.05, 0.1) is 18.7 Å². The van der Waals surface area contributed by atoms with E-state index in [1.54, 1.807) is 49.9 Å². The van der Waals surface area contributed by atoms with E-state index in [2.05, 4.69) is 15.4 Å². The van der Waals surface area contributed by atoms with E-state index in [1.165, 1.54) is 18.0 Å². The standard InChI is InChI=1S/C24H30F3N7O3/c1-23(2,3)37-22(35)32-17-6-5-13(9-18(17)36-4)14-10-19(34-20(14)21(29)30-12-31-34)33-8-7-16(28)15(11-33)24(25,26)27/h5-6,9-10,12,15-16H,7-8,11,28H2,1-4H3,(H,32,35)(H2,29,30,31)/t15-,16-/m0/s1. The van der Waals surface area contributed by atoms with Crippen LogP contribution in [0, 0.1) is 5.92 Å². The maximum atomic E-state index is 13.6. The first-order valence-electron chi connectivity index (χ1n) is 11.7. The van der Waals surface area contributed by atoms with Crippen molar-refractivity contribution in [3.05, 3.63) is 30.6 Å². The van der Waals surface area contributed by atoms with Gasteiger partial charge in [-0.15, -0.1) is 0 Å². The lowest BCUT2D eigenvalue weighted by atomic mass is 9.92. The number of aromatic nitrogens is 3. The number of fused-ring (bicyclic) bond motifs is 1. The van der Waals surface area contributed by atoms with E-state index in [1.807, 2.05) is 0 Å². The number of ether oxygens (including phenoxy) is 2. The Morgan fingerprint density at radius 2 is 1.95 bits per heavy atom. The van der Waals surface area contributed by atoms with E-state index in [4.69, 9.17) is 20.9 Å². The molecule has 3 heterocycles. The van der Waals surface area contributed by atoms with Crippen molar-refractivity contribution >= 4 is 28.9 Å². The molecule has 37 heavy (non-hydrogen) atoms. The predicted octanol–water partition coefficient (Wildman–Crippen LogP) is 4.05. The van der Waals surface area contributed by atoms with Crippen LogP contribution >= 0.6 is 0 Å². The molecule has 10 nitrogen and oxygen atoms in total. The minimum Gasteiger partial charge on any atom is -0.495 e. The third kappa shape index (κ3) is 5.50. The molecule has 2 atom stereocenters. The van der Waals surface area contributed by atoms with Crippen LogP contribution in [0.5, 0.6) is 5.75 Å². The summed E-state index contributed by atoms with van der Waals surface area (Å²) < 4.78 is 53.1. The highest BCUT2D eigenvalue weighted by Crippen LogP contribution is 2.40. The van der Waals surface area contributed by atoms with Crippen LogP contribution in [0.25, 0.3) is 16.6 Å². The number of nitrogen functional groups attached to an aromatic ring is 1. The Morgan fingerprint density at radius 1 is 1.22 bits per heavy atom. The lowest BCUT2D eigenvalue weighted by Crippen LogP contribution is -2.53. The van der Waals surface area contributed by atoms with Gasteiger partial charge in [0.15, 0.2) is 5.82 Å². The van der Waals surface area contributed by atoms with E-state index in [9.17, 15) is 18.0 Å². The second kappa shape index (κ2) is 9.61. The first-order valence-corrected chi connectivity index (χ1v) is 11.7. The molecule has 0 unspecified atom stereocenters. The number of alkyl halides is 3. The van der Waals surface area contributed by atoms with Gasteiger partial charge >= 0.3 is 12.3 Å². The Bertz CT molecular complexity index is 1300. The van der Waals surface area contributed by atoms with Gasteiger partial charge in [-0.2, -0.15) is 18.3 Å². The van der Waals surface area contributed by atoms with Crippen LogP contribution in [0.2, 0.25) is 0 Å². The number of anilines is 3. The van der Waals surface area contributed by atoms with Crippen LogP contribution in [-0.2, 0) is 4.74 Å². The van der Waals surface area contributed by atoms with E-state index in [0.717, 1.165) is 0 Å². The Balaban J connectivity index is 1.74. The Kier molecular flexibility index (Phi) is 6.84. The minimum absolute atomic E-state index is 0.159. The van der Waals surface area contributed by atoms with Crippen LogP contribution in [0.4, 0.5) is 35.3 Å². The van der Waals surface area contributed by atoms with E-state index >= 15 is 0 Å². The second-order valence-corrected chi connectivity index (χ2v) is 9.91. The van der Waals surface area contributed by atoms with Gasteiger partial charge < -0.3 is 25.8 Å². The highest BCUT2D eigenvalue weighted by molar-refractivity contribution is 5.93. The van der Waals surface area contributed by atoms with Crippen molar-refractivity contribution in [1.29, 1.82) is 0 Å². The number of amides is 1. The smallest absolute Gasteiger partial charge is 0.412 e. The number of nitrogens with zero attached hydrogens (tertiary/aromatic N) is 4.